The summed E-state index contributed by atoms with van der Waals surface area (Å²) in [6, 6.07) is 1.04. The van der Waals surface area contributed by atoms with Crippen molar-refractivity contribution in [1.29, 1.82) is 0 Å². The van der Waals surface area contributed by atoms with Crippen LogP contribution in [0.3, 0.4) is 0 Å². The Morgan fingerprint density at radius 1 is 1.28 bits per heavy atom. The minimum atomic E-state index is 0.404. The number of rotatable bonds is 7. The SMILES string of the molecule is CCC(C)N(CCOC)CC1CCCCCC1N. The number of hydrogen-bond donors (Lipinski definition) is 1. The molecule has 0 heterocycles. The summed E-state index contributed by atoms with van der Waals surface area (Å²) in [5, 5.41) is 0. The largest absolute Gasteiger partial charge is 0.383 e. The highest BCUT2D eigenvalue weighted by Gasteiger charge is 2.24. The zero-order valence-corrected chi connectivity index (χ0v) is 12.5. The molecule has 1 rings (SSSR count). The second-order valence-electron chi connectivity index (χ2n) is 5.81. The van der Waals surface area contributed by atoms with Gasteiger partial charge >= 0.3 is 0 Å². The van der Waals surface area contributed by atoms with Gasteiger partial charge in [-0.25, -0.2) is 0 Å². The highest BCUT2D eigenvalue weighted by atomic mass is 16.5. The van der Waals surface area contributed by atoms with Gasteiger partial charge in [0.1, 0.15) is 0 Å². The van der Waals surface area contributed by atoms with Crippen molar-refractivity contribution in [3.8, 4) is 0 Å². The van der Waals surface area contributed by atoms with Gasteiger partial charge in [0.2, 0.25) is 0 Å². The van der Waals surface area contributed by atoms with Gasteiger partial charge in [-0.3, -0.25) is 4.90 Å². The van der Waals surface area contributed by atoms with Crippen molar-refractivity contribution < 1.29 is 4.74 Å². The van der Waals surface area contributed by atoms with Gasteiger partial charge < -0.3 is 10.5 Å². The van der Waals surface area contributed by atoms with E-state index in [1.807, 2.05) is 0 Å². The molecule has 0 saturated heterocycles. The molecule has 0 bridgehead atoms. The molecule has 18 heavy (non-hydrogen) atoms. The maximum atomic E-state index is 6.34. The standard InChI is InChI=1S/C15H32N2O/c1-4-13(2)17(10-11-18-3)12-14-8-6-5-7-9-15(14)16/h13-15H,4-12,16H2,1-3H3. The van der Waals surface area contributed by atoms with Crippen molar-refractivity contribution in [1.82, 2.24) is 4.90 Å². The molecule has 0 aliphatic heterocycles. The second-order valence-corrected chi connectivity index (χ2v) is 5.81. The molecule has 1 saturated carbocycles. The van der Waals surface area contributed by atoms with Gasteiger partial charge in [-0.2, -0.15) is 0 Å². The lowest BCUT2D eigenvalue weighted by Crippen LogP contribution is -2.43. The van der Waals surface area contributed by atoms with Crippen LogP contribution in [0.4, 0.5) is 0 Å². The predicted octanol–water partition coefficient (Wildman–Crippen LogP) is 2.64. The van der Waals surface area contributed by atoms with Crippen LogP contribution in [-0.2, 0) is 4.74 Å². The molecule has 1 fully saturated rings. The van der Waals surface area contributed by atoms with Crippen LogP contribution in [0.1, 0.15) is 52.4 Å². The topological polar surface area (TPSA) is 38.5 Å². The third kappa shape index (κ3) is 5.25. The smallest absolute Gasteiger partial charge is 0.0589 e. The van der Waals surface area contributed by atoms with Crippen LogP contribution < -0.4 is 5.73 Å². The molecule has 0 aromatic heterocycles. The molecule has 0 aromatic rings. The fourth-order valence-electron chi connectivity index (χ4n) is 2.90. The first-order valence-corrected chi connectivity index (χ1v) is 7.67. The molecule has 0 aromatic carbocycles. The molecule has 0 radical (unpaired) electrons. The minimum Gasteiger partial charge on any atom is -0.383 e. The molecule has 3 nitrogen and oxygen atoms in total. The fraction of sp³-hybridized carbons (Fsp3) is 1.00. The molecule has 0 spiro atoms. The molecule has 3 atom stereocenters. The van der Waals surface area contributed by atoms with Gasteiger partial charge in [0.05, 0.1) is 6.61 Å². The summed E-state index contributed by atoms with van der Waals surface area (Å²) in [6.07, 6.45) is 7.76. The van der Waals surface area contributed by atoms with Crippen molar-refractivity contribution in [3.63, 3.8) is 0 Å². The number of methoxy groups -OCH3 is 1. The first kappa shape index (κ1) is 15.9. The summed E-state index contributed by atoms with van der Waals surface area (Å²) in [5.74, 6) is 0.679. The minimum absolute atomic E-state index is 0.404. The Morgan fingerprint density at radius 3 is 2.67 bits per heavy atom. The molecular weight excluding hydrogens is 224 g/mol. The maximum Gasteiger partial charge on any atom is 0.0589 e. The zero-order chi connectivity index (χ0) is 13.4. The monoisotopic (exact) mass is 256 g/mol. The van der Waals surface area contributed by atoms with E-state index in [4.69, 9.17) is 10.5 Å². The number of hydrogen-bond acceptors (Lipinski definition) is 3. The Morgan fingerprint density at radius 2 is 2.00 bits per heavy atom. The summed E-state index contributed by atoms with van der Waals surface area (Å²) in [5.41, 5.74) is 6.34. The average molecular weight is 256 g/mol. The number of nitrogens with two attached hydrogens (primary N) is 1. The van der Waals surface area contributed by atoms with E-state index in [0.29, 0.717) is 18.0 Å². The van der Waals surface area contributed by atoms with E-state index >= 15 is 0 Å². The molecule has 2 N–H and O–H groups in total. The van der Waals surface area contributed by atoms with E-state index in [1.54, 1.807) is 7.11 Å². The Bertz CT molecular complexity index is 211. The predicted molar refractivity (Wildman–Crippen MR) is 77.8 cm³/mol. The fourth-order valence-corrected chi connectivity index (χ4v) is 2.90. The normalized spacial score (nSPS) is 27.2. The lowest BCUT2D eigenvalue weighted by molar-refractivity contribution is 0.103. The van der Waals surface area contributed by atoms with Gasteiger partial charge in [0, 0.05) is 32.3 Å². The van der Waals surface area contributed by atoms with Crippen molar-refractivity contribution >= 4 is 0 Å². The van der Waals surface area contributed by atoms with Crippen molar-refractivity contribution in [3.05, 3.63) is 0 Å². The Balaban J connectivity index is 2.50. The third-order valence-electron chi connectivity index (χ3n) is 4.48. The first-order valence-electron chi connectivity index (χ1n) is 7.67. The highest BCUT2D eigenvalue weighted by molar-refractivity contribution is 4.80. The van der Waals surface area contributed by atoms with Gasteiger partial charge in [0.15, 0.2) is 0 Å². The molecular formula is C15H32N2O. The lowest BCUT2D eigenvalue weighted by Gasteiger charge is -2.33. The molecule has 108 valence electrons. The zero-order valence-electron chi connectivity index (χ0n) is 12.5. The van der Waals surface area contributed by atoms with Crippen LogP contribution in [-0.4, -0.2) is 43.8 Å². The van der Waals surface area contributed by atoms with Crippen LogP contribution in [0, 0.1) is 5.92 Å². The summed E-state index contributed by atoms with van der Waals surface area (Å²) < 4.78 is 5.23. The third-order valence-corrected chi connectivity index (χ3v) is 4.48. The van der Waals surface area contributed by atoms with Crippen LogP contribution in [0.2, 0.25) is 0 Å². The molecule has 0 amide bonds. The summed E-state index contributed by atoms with van der Waals surface area (Å²) in [7, 11) is 1.78. The maximum absolute atomic E-state index is 6.34. The summed E-state index contributed by atoms with van der Waals surface area (Å²) in [6.45, 7) is 7.59. The number of ether oxygens (including phenoxy) is 1. The molecule has 1 aliphatic carbocycles. The van der Waals surface area contributed by atoms with E-state index < -0.39 is 0 Å². The van der Waals surface area contributed by atoms with Crippen LogP contribution >= 0.6 is 0 Å². The van der Waals surface area contributed by atoms with E-state index in [0.717, 1.165) is 19.7 Å². The molecule has 1 aliphatic rings. The highest BCUT2D eigenvalue weighted by Crippen LogP contribution is 2.24. The van der Waals surface area contributed by atoms with Crippen molar-refractivity contribution in [2.45, 2.75) is 64.5 Å². The number of nitrogens with zero attached hydrogens (tertiary/aromatic N) is 1. The Hall–Kier alpha value is -0.120. The van der Waals surface area contributed by atoms with E-state index in [2.05, 4.69) is 18.7 Å². The quantitative estimate of drug-likeness (QED) is 0.712. The molecule has 3 unspecified atom stereocenters. The summed E-state index contributed by atoms with van der Waals surface area (Å²) >= 11 is 0. The Kier molecular flexibility index (Phi) is 7.87. The van der Waals surface area contributed by atoms with Crippen LogP contribution in [0.25, 0.3) is 0 Å². The lowest BCUT2D eigenvalue weighted by atomic mass is 9.94. The van der Waals surface area contributed by atoms with E-state index in [1.165, 1.54) is 38.5 Å². The van der Waals surface area contributed by atoms with Gasteiger partial charge in [-0.15, -0.1) is 0 Å². The molecule has 3 heteroatoms. The van der Waals surface area contributed by atoms with Gasteiger partial charge in [0.25, 0.3) is 0 Å². The summed E-state index contributed by atoms with van der Waals surface area (Å²) in [4.78, 5) is 2.57. The second kappa shape index (κ2) is 8.89. The van der Waals surface area contributed by atoms with Gasteiger partial charge in [-0.05, 0) is 32.1 Å². The van der Waals surface area contributed by atoms with E-state index in [9.17, 15) is 0 Å². The Labute approximate surface area is 113 Å². The van der Waals surface area contributed by atoms with E-state index in [-0.39, 0.29) is 0 Å². The van der Waals surface area contributed by atoms with Gasteiger partial charge in [-0.1, -0.05) is 26.2 Å². The van der Waals surface area contributed by atoms with Crippen molar-refractivity contribution in [2.24, 2.45) is 11.7 Å². The first-order chi connectivity index (χ1) is 8.69. The van der Waals surface area contributed by atoms with Crippen LogP contribution in [0.15, 0.2) is 0 Å². The van der Waals surface area contributed by atoms with Crippen molar-refractivity contribution in [2.75, 3.05) is 26.8 Å². The van der Waals surface area contributed by atoms with Crippen LogP contribution in [0.5, 0.6) is 0 Å². The average Bonchev–Trinajstić information content (AvgIpc) is 2.58.